The summed E-state index contributed by atoms with van der Waals surface area (Å²) in [5.41, 5.74) is 2.53. The second-order valence-corrected chi connectivity index (χ2v) is 20.7. The van der Waals surface area contributed by atoms with E-state index in [2.05, 4.69) is 82.6 Å². The van der Waals surface area contributed by atoms with Gasteiger partial charge in [-0.2, -0.15) is 14.6 Å². The molecule has 4 aromatic rings. The molecule has 3 aromatic heterocycles. The molecule has 2 aliphatic rings. The summed E-state index contributed by atoms with van der Waals surface area (Å²) in [4.78, 5) is 23.5. The van der Waals surface area contributed by atoms with Crippen LogP contribution in [0.25, 0.3) is 16.9 Å². The standard InChI is InChI=1S/C48H70BN7O5/c1-31(33-16-20-39(59-13)21-17-33)14-15-34-24-35(25-41(34)57)32(2)60-44-51-40(36-27-50-55(28-36)46(6,7)8)26-43-52-42(53-56(43)44)22-23-54-29-37(45(3,4)5)18-19-38(30-54)49-61-48(11,12)47(9,10)58/h16-17,19-21,26-28,30-32,34-35,37,58H,14-15,18,22-25,29H2,1-13H3/q+1. The molecule has 0 bridgehead atoms. The van der Waals surface area contributed by atoms with E-state index in [1.807, 2.05) is 56.0 Å². The van der Waals surface area contributed by atoms with Gasteiger partial charge in [0.25, 0.3) is 0 Å². The SMILES string of the molecule is COc1ccc(C(C)CCC2CC(C(C)Oc3nc(-c4cnn(C(C)(C)C)c4)cc4nc(CC[N+]5=CC([B]OC(C)(C)C(C)(C)O)=CCC(C(C)(C)C)C5)nn34)CC2=O)cc1. The van der Waals surface area contributed by atoms with E-state index in [0.29, 0.717) is 60.2 Å². The van der Waals surface area contributed by atoms with Crippen LogP contribution in [0.2, 0.25) is 0 Å². The van der Waals surface area contributed by atoms with E-state index in [4.69, 9.17) is 29.2 Å². The number of carbonyl (C=O) groups excluding carboxylic acids is 1. The zero-order chi connectivity index (χ0) is 44.5. The zero-order valence-electron chi connectivity index (χ0n) is 39.0. The number of hydrogen-bond acceptors (Lipinski definition) is 9. The Labute approximate surface area is 364 Å². The van der Waals surface area contributed by atoms with Gasteiger partial charge in [0.05, 0.1) is 42.2 Å². The molecule has 1 aliphatic carbocycles. The lowest BCUT2D eigenvalue weighted by molar-refractivity contribution is -0.532. The highest BCUT2D eigenvalue weighted by molar-refractivity contribution is 6.45. The third-order valence-corrected chi connectivity index (χ3v) is 13.2. The smallest absolute Gasteiger partial charge is 0.336 e. The van der Waals surface area contributed by atoms with Gasteiger partial charge in [-0.15, -0.1) is 5.10 Å². The molecule has 0 saturated heterocycles. The molecule has 1 aromatic carbocycles. The molecule has 4 heterocycles. The number of ketones is 1. The van der Waals surface area contributed by atoms with Crippen molar-refractivity contribution in [2.24, 2.45) is 23.2 Å². The number of ether oxygens (including phenoxy) is 2. The minimum Gasteiger partial charge on any atom is -0.497 e. The van der Waals surface area contributed by atoms with Crippen molar-refractivity contribution in [1.82, 2.24) is 29.4 Å². The summed E-state index contributed by atoms with van der Waals surface area (Å²) in [5.74, 6) is 2.67. The average Bonchev–Trinajstić information content (AvgIpc) is 3.90. The fourth-order valence-corrected chi connectivity index (χ4v) is 7.93. The molecule has 1 fully saturated rings. The van der Waals surface area contributed by atoms with Crippen LogP contribution in [0.4, 0.5) is 0 Å². The number of carbonyl (C=O) groups is 1. The first-order valence-electron chi connectivity index (χ1n) is 22.2. The lowest BCUT2D eigenvalue weighted by atomic mass is 9.77. The van der Waals surface area contributed by atoms with Crippen LogP contribution in [0.15, 0.2) is 54.3 Å². The highest BCUT2D eigenvalue weighted by atomic mass is 16.5. The highest BCUT2D eigenvalue weighted by Gasteiger charge is 2.38. The van der Waals surface area contributed by atoms with E-state index < -0.39 is 11.2 Å². The number of allylic oxidation sites excluding steroid dienone is 2. The Balaban J connectivity index is 1.21. The zero-order valence-corrected chi connectivity index (χ0v) is 39.0. The van der Waals surface area contributed by atoms with E-state index in [0.717, 1.165) is 49.0 Å². The van der Waals surface area contributed by atoms with Crippen molar-refractivity contribution in [3.8, 4) is 23.0 Å². The third-order valence-electron chi connectivity index (χ3n) is 13.2. The fraction of sp³-hybridized carbons (Fsp3) is 0.625. The molecule has 1 N–H and O–H groups in total. The molecule has 13 heteroatoms. The summed E-state index contributed by atoms with van der Waals surface area (Å²) in [6.07, 6.45) is 12.5. The molecule has 5 unspecified atom stereocenters. The molecule has 12 nitrogen and oxygen atoms in total. The van der Waals surface area contributed by atoms with Crippen LogP contribution in [0.1, 0.15) is 132 Å². The van der Waals surface area contributed by atoms with Crippen LogP contribution >= 0.6 is 0 Å². The van der Waals surface area contributed by atoms with Gasteiger partial charge in [-0.1, -0.05) is 45.9 Å². The van der Waals surface area contributed by atoms with Crippen molar-refractivity contribution in [3.63, 3.8) is 0 Å². The predicted molar refractivity (Wildman–Crippen MR) is 242 cm³/mol. The molecule has 1 saturated carbocycles. The van der Waals surface area contributed by atoms with Gasteiger partial charge in [0, 0.05) is 47.5 Å². The number of nitrogens with zero attached hydrogens (tertiary/aromatic N) is 7. The van der Waals surface area contributed by atoms with Gasteiger partial charge in [0.2, 0.25) is 0 Å². The Kier molecular flexibility index (Phi) is 13.7. The van der Waals surface area contributed by atoms with Crippen molar-refractivity contribution in [2.45, 2.75) is 150 Å². The Morgan fingerprint density at radius 1 is 1.02 bits per heavy atom. The number of aliphatic hydroxyl groups is 1. The Morgan fingerprint density at radius 2 is 1.74 bits per heavy atom. The highest BCUT2D eigenvalue weighted by Crippen LogP contribution is 2.37. The largest absolute Gasteiger partial charge is 0.497 e. The number of methoxy groups -OCH3 is 1. The van der Waals surface area contributed by atoms with Crippen LogP contribution in [0, 0.1) is 23.2 Å². The van der Waals surface area contributed by atoms with Crippen molar-refractivity contribution < 1.29 is 28.6 Å². The van der Waals surface area contributed by atoms with Gasteiger partial charge in [-0.25, -0.2) is 9.56 Å². The maximum Gasteiger partial charge on any atom is 0.336 e. The monoisotopic (exact) mass is 836 g/mol. The van der Waals surface area contributed by atoms with Crippen LogP contribution in [-0.2, 0) is 21.4 Å². The molecular weight excluding hydrogens is 765 g/mol. The van der Waals surface area contributed by atoms with Gasteiger partial charge < -0.3 is 19.2 Å². The number of hydrogen-bond donors (Lipinski definition) is 1. The van der Waals surface area contributed by atoms with E-state index in [1.54, 1.807) is 33.0 Å². The minimum atomic E-state index is -1.02. The van der Waals surface area contributed by atoms with Crippen LogP contribution < -0.4 is 9.47 Å². The number of fused-ring (bicyclic) bond motifs is 1. The Morgan fingerprint density at radius 3 is 2.38 bits per heavy atom. The summed E-state index contributed by atoms with van der Waals surface area (Å²) in [7, 11) is 3.46. The maximum atomic E-state index is 13.4. The number of aromatic nitrogens is 6. The van der Waals surface area contributed by atoms with Crippen LogP contribution in [0.5, 0.6) is 11.8 Å². The van der Waals surface area contributed by atoms with Gasteiger partial charge in [0.15, 0.2) is 17.7 Å². The molecule has 1 aliphatic heterocycles. The summed E-state index contributed by atoms with van der Waals surface area (Å²) < 4.78 is 24.2. The van der Waals surface area contributed by atoms with Crippen molar-refractivity contribution >= 4 is 25.1 Å². The predicted octanol–water partition coefficient (Wildman–Crippen LogP) is 8.46. The average molecular weight is 836 g/mol. The topological polar surface area (TPSA) is 129 Å². The van der Waals surface area contributed by atoms with Gasteiger partial charge in [0.1, 0.15) is 30.7 Å². The van der Waals surface area contributed by atoms with Crippen LogP contribution in [-0.4, -0.2) is 96.0 Å². The van der Waals surface area contributed by atoms with Gasteiger partial charge >= 0.3 is 13.5 Å². The summed E-state index contributed by atoms with van der Waals surface area (Å²) in [5, 5.41) is 20.3. The molecule has 6 rings (SSSR count). The molecule has 329 valence electrons. The van der Waals surface area contributed by atoms with Gasteiger partial charge in [-0.3, -0.25) is 9.48 Å². The first-order valence-corrected chi connectivity index (χ1v) is 22.2. The lowest BCUT2D eigenvalue weighted by Crippen LogP contribution is -2.48. The molecular formula is C48H70BN7O5+. The quantitative estimate of drug-likeness (QED) is 0.0874. The molecule has 1 radical (unpaired) electrons. The second kappa shape index (κ2) is 18.2. The normalized spacial score (nSPS) is 20.3. The molecule has 5 atom stereocenters. The number of rotatable bonds is 16. The molecule has 0 amide bonds. The van der Waals surface area contributed by atoms with Crippen molar-refractivity contribution in [2.75, 3.05) is 20.2 Å². The van der Waals surface area contributed by atoms with E-state index >= 15 is 0 Å². The van der Waals surface area contributed by atoms with Crippen LogP contribution in [0.3, 0.4) is 0 Å². The van der Waals surface area contributed by atoms with E-state index in [-0.39, 0.29) is 28.9 Å². The molecule has 61 heavy (non-hydrogen) atoms. The number of benzene rings is 1. The van der Waals surface area contributed by atoms with E-state index in [1.165, 1.54) is 5.56 Å². The van der Waals surface area contributed by atoms with Crippen molar-refractivity contribution in [1.29, 1.82) is 0 Å². The number of Topliss-reactive ketones (excluding diaryl/α,β-unsaturated/α-hetero) is 1. The summed E-state index contributed by atoms with van der Waals surface area (Å²) in [6.45, 7) is 26.4. The summed E-state index contributed by atoms with van der Waals surface area (Å²) >= 11 is 0. The maximum absolute atomic E-state index is 13.4. The first kappa shape index (κ1) is 46.2. The summed E-state index contributed by atoms with van der Waals surface area (Å²) in [6, 6.07) is 10.5. The fourth-order valence-electron chi connectivity index (χ4n) is 7.93. The Hall–Kier alpha value is -4.36. The van der Waals surface area contributed by atoms with Gasteiger partial charge in [-0.05, 0) is 110 Å². The minimum absolute atomic E-state index is 0.0125. The van der Waals surface area contributed by atoms with E-state index in [9.17, 15) is 9.90 Å². The lowest BCUT2D eigenvalue weighted by Gasteiger charge is -2.37. The third kappa shape index (κ3) is 11.4. The second-order valence-electron chi connectivity index (χ2n) is 20.7. The first-order chi connectivity index (χ1) is 28.5. The Bertz CT molecular complexity index is 2200. The molecule has 0 spiro atoms. The van der Waals surface area contributed by atoms with Crippen molar-refractivity contribution in [3.05, 3.63) is 65.7 Å².